The monoisotopic (exact) mass is 281 g/mol. The minimum absolute atomic E-state index is 0.0415. The van der Waals surface area contributed by atoms with Gasteiger partial charge >= 0.3 is 6.03 Å². The van der Waals surface area contributed by atoms with E-state index in [2.05, 4.69) is 17.6 Å². The van der Waals surface area contributed by atoms with Crippen LogP contribution in [-0.4, -0.2) is 42.0 Å². The van der Waals surface area contributed by atoms with Crippen LogP contribution in [0, 0.1) is 0 Å². The third-order valence-corrected chi connectivity index (χ3v) is 4.09. The number of amides is 3. The Morgan fingerprint density at radius 1 is 1.00 bits per heavy atom. The molecule has 2 fully saturated rings. The van der Waals surface area contributed by atoms with Gasteiger partial charge in [-0.05, 0) is 32.1 Å². The maximum Gasteiger partial charge on any atom is 0.315 e. The minimum atomic E-state index is -0.0415. The van der Waals surface area contributed by atoms with Crippen molar-refractivity contribution in [3.8, 4) is 0 Å². The van der Waals surface area contributed by atoms with E-state index < -0.39 is 0 Å². The van der Waals surface area contributed by atoms with Crippen LogP contribution in [-0.2, 0) is 4.79 Å². The largest absolute Gasteiger partial charge is 0.343 e. The number of likely N-dealkylation sites (tertiary alicyclic amines) is 1. The lowest BCUT2D eigenvalue weighted by atomic mass is 10.0. The number of rotatable bonds is 6. The number of nitrogens with one attached hydrogen (secondary N) is 2. The van der Waals surface area contributed by atoms with Gasteiger partial charge in [0, 0.05) is 31.6 Å². The lowest BCUT2D eigenvalue weighted by Gasteiger charge is -2.32. The highest BCUT2D eigenvalue weighted by Crippen LogP contribution is 2.18. The highest BCUT2D eigenvalue weighted by Gasteiger charge is 2.26. The van der Waals surface area contributed by atoms with Gasteiger partial charge in [-0.2, -0.15) is 0 Å². The summed E-state index contributed by atoms with van der Waals surface area (Å²) >= 11 is 0. The van der Waals surface area contributed by atoms with E-state index in [-0.39, 0.29) is 18.0 Å². The van der Waals surface area contributed by atoms with Gasteiger partial charge in [-0.3, -0.25) is 4.79 Å². The molecule has 3 amide bonds. The molecular formula is C15H27N3O2. The van der Waals surface area contributed by atoms with E-state index in [0.29, 0.717) is 12.5 Å². The fourth-order valence-corrected chi connectivity index (χ4v) is 2.60. The molecule has 0 spiro atoms. The van der Waals surface area contributed by atoms with Crippen LogP contribution >= 0.6 is 0 Å². The van der Waals surface area contributed by atoms with Gasteiger partial charge in [0.15, 0.2) is 0 Å². The van der Waals surface area contributed by atoms with Crippen molar-refractivity contribution in [1.82, 2.24) is 15.5 Å². The molecular weight excluding hydrogens is 254 g/mol. The van der Waals surface area contributed by atoms with E-state index in [1.165, 1.54) is 0 Å². The van der Waals surface area contributed by atoms with Crippen LogP contribution in [0.5, 0.6) is 0 Å². The van der Waals surface area contributed by atoms with E-state index in [9.17, 15) is 9.59 Å². The Kier molecular flexibility index (Phi) is 5.68. The Labute approximate surface area is 121 Å². The number of carbonyl (C=O) groups is 2. The molecule has 114 valence electrons. The van der Waals surface area contributed by atoms with Crippen molar-refractivity contribution in [1.29, 1.82) is 0 Å². The van der Waals surface area contributed by atoms with Crippen LogP contribution in [0.2, 0.25) is 0 Å². The number of unbranched alkanes of at least 4 members (excludes halogenated alkanes) is 2. The summed E-state index contributed by atoms with van der Waals surface area (Å²) in [6.45, 7) is 3.70. The molecule has 0 bridgehead atoms. The normalized spacial score (nSPS) is 19.8. The molecule has 2 aliphatic rings. The summed E-state index contributed by atoms with van der Waals surface area (Å²) in [5, 5.41) is 5.95. The van der Waals surface area contributed by atoms with Gasteiger partial charge in [0.1, 0.15) is 0 Å². The maximum atomic E-state index is 12.0. The van der Waals surface area contributed by atoms with Crippen LogP contribution in [0.15, 0.2) is 0 Å². The van der Waals surface area contributed by atoms with Gasteiger partial charge in [0.25, 0.3) is 0 Å². The predicted octanol–water partition coefficient (Wildman–Crippen LogP) is 2.02. The first-order valence-corrected chi connectivity index (χ1v) is 8.04. The van der Waals surface area contributed by atoms with Crippen molar-refractivity contribution in [3.63, 3.8) is 0 Å². The van der Waals surface area contributed by atoms with Crippen LogP contribution < -0.4 is 10.6 Å². The molecule has 0 unspecified atom stereocenters. The highest BCUT2D eigenvalue weighted by atomic mass is 16.2. The fourth-order valence-electron chi connectivity index (χ4n) is 2.60. The smallest absolute Gasteiger partial charge is 0.315 e. The summed E-state index contributed by atoms with van der Waals surface area (Å²) in [6, 6.07) is 0.573. The molecule has 5 heteroatoms. The molecule has 0 atom stereocenters. The molecule has 20 heavy (non-hydrogen) atoms. The summed E-state index contributed by atoms with van der Waals surface area (Å²) in [7, 11) is 0. The summed E-state index contributed by atoms with van der Waals surface area (Å²) in [5.74, 6) is 0.277. The topological polar surface area (TPSA) is 61.4 Å². The molecule has 1 saturated heterocycles. The third-order valence-electron chi connectivity index (χ3n) is 4.09. The van der Waals surface area contributed by atoms with E-state index in [0.717, 1.165) is 58.0 Å². The SMILES string of the molecule is CCCCCC(=O)N1CCC(NC(=O)NC2CC2)CC1. The van der Waals surface area contributed by atoms with Crippen molar-refractivity contribution in [2.45, 2.75) is 70.4 Å². The first-order chi connectivity index (χ1) is 9.69. The van der Waals surface area contributed by atoms with Crippen LogP contribution in [0.4, 0.5) is 4.79 Å². The van der Waals surface area contributed by atoms with E-state index >= 15 is 0 Å². The van der Waals surface area contributed by atoms with Crippen LogP contribution in [0.3, 0.4) is 0 Å². The van der Waals surface area contributed by atoms with Gasteiger partial charge in [-0.15, -0.1) is 0 Å². The number of hydrogen-bond donors (Lipinski definition) is 2. The number of carbonyl (C=O) groups excluding carboxylic acids is 2. The highest BCUT2D eigenvalue weighted by molar-refractivity contribution is 5.76. The summed E-state index contributed by atoms with van der Waals surface area (Å²) in [5.41, 5.74) is 0. The fraction of sp³-hybridized carbons (Fsp3) is 0.867. The van der Waals surface area contributed by atoms with Crippen molar-refractivity contribution in [3.05, 3.63) is 0 Å². The van der Waals surface area contributed by atoms with E-state index in [4.69, 9.17) is 0 Å². The number of hydrogen-bond acceptors (Lipinski definition) is 2. The molecule has 1 aliphatic heterocycles. The molecule has 5 nitrogen and oxygen atoms in total. The Morgan fingerprint density at radius 3 is 2.15 bits per heavy atom. The van der Waals surface area contributed by atoms with Crippen LogP contribution in [0.25, 0.3) is 0 Å². The molecule has 2 N–H and O–H groups in total. The van der Waals surface area contributed by atoms with E-state index in [1.807, 2.05) is 4.90 Å². The maximum absolute atomic E-state index is 12.0. The van der Waals surface area contributed by atoms with E-state index in [1.54, 1.807) is 0 Å². The molecule has 0 aromatic carbocycles. The molecule has 0 aromatic heterocycles. The molecule has 1 aliphatic carbocycles. The third kappa shape index (κ3) is 5.02. The second kappa shape index (κ2) is 7.50. The zero-order valence-corrected chi connectivity index (χ0v) is 12.5. The molecule has 1 heterocycles. The molecule has 2 rings (SSSR count). The molecule has 1 saturated carbocycles. The van der Waals surface area contributed by atoms with Crippen molar-refractivity contribution in [2.24, 2.45) is 0 Å². The van der Waals surface area contributed by atoms with Gasteiger partial charge in [-0.25, -0.2) is 4.79 Å². The second-order valence-electron chi connectivity index (χ2n) is 6.00. The second-order valence-corrected chi connectivity index (χ2v) is 6.00. The zero-order valence-electron chi connectivity index (χ0n) is 12.5. The van der Waals surface area contributed by atoms with Crippen molar-refractivity contribution < 1.29 is 9.59 Å². The summed E-state index contributed by atoms with van der Waals surface area (Å²) in [4.78, 5) is 25.6. The molecule has 0 radical (unpaired) electrons. The lowest BCUT2D eigenvalue weighted by molar-refractivity contribution is -0.132. The number of piperidine rings is 1. The Balaban J connectivity index is 1.61. The quantitative estimate of drug-likeness (QED) is 0.732. The van der Waals surface area contributed by atoms with Crippen molar-refractivity contribution >= 4 is 11.9 Å². The Hall–Kier alpha value is -1.26. The van der Waals surface area contributed by atoms with Gasteiger partial charge in [0.2, 0.25) is 5.91 Å². The van der Waals surface area contributed by atoms with Gasteiger partial charge in [-0.1, -0.05) is 19.8 Å². The van der Waals surface area contributed by atoms with Gasteiger partial charge < -0.3 is 15.5 Å². The number of nitrogens with zero attached hydrogens (tertiary/aromatic N) is 1. The van der Waals surface area contributed by atoms with Crippen LogP contribution in [0.1, 0.15) is 58.3 Å². The first-order valence-electron chi connectivity index (χ1n) is 8.04. The zero-order chi connectivity index (χ0) is 14.4. The Morgan fingerprint density at radius 2 is 1.60 bits per heavy atom. The average molecular weight is 281 g/mol. The van der Waals surface area contributed by atoms with Crippen molar-refractivity contribution in [2.75, 3.05) is 13.1 Å². The average Bonchev–Trinajstić information content (AvgIpc) is 3.23. The molecule has 0 aromatic rings. The van der Waals surface area contributed by atoms with Gasteiger partial charge in [0.05, 0.1) is 0 Å². The Bertz CT molecular complexity index is 334. The first kappa shape index (κ1) is 15.1. The standard InChI is InChI=1S/C15H27N3O2/c1-2-3-4-5-14(19)18-10-8-13(9-11-18)17-15(20)16-12-6-7-12/h12-13H,2-11H2,1H3,(H2,16,17,20). The summed E-state index contributed by atoms with van der Waals surface area (Å²) in [6.07, 6.45) is 7.91. The lowest BCUT2D eigenvalue weighted by Crippen LogP contribution is -2.49. The predicted molar refractivity (Wildman–Crippen MR) is 78.4 cm³/mol. The minimum Gasteiger partial charge on any atom is -0.343 e. The summed E-state index contributed by atoms with van der Waals surface area (Å²) < 4.78 is 0. The number of urea groups is 1.